The van der Waals surface area contributed by atoms with E-state index in [-0.39, 0.29) is 0 Å². The molecule has 0 aromatic carbocycles. The predicted octanol–water partition coefficient (Wildman–Crippen LogP) is 2.22. The van der Waals surface area contributed by atoms with Crippen LogP contribution in [0.5, 0.6) is 0 Å². The zero-order chi connectivity index (χ0) is 11.6. The molecule has 0 aliphatic heterocycles. The van der Waals surface area contributed by atoms with Crippen LogP contribution < -0.4 is 16.6 Å². The molecule has 1 saturated carbocycles. The second-order valence-corrected chi connectivity index (χ2v) is 4.94. The van der Waals surface area contributed by atoms with Crippen LogP contribution in [0.15, 0.2) is 18.3 Å². The van der Waals surface area contributed by atoms with Crippen LogP contribution in [-0.2, 0) is 0 Å². The van der Waals surface area contributed by atoms with Crippen LogP contribution in [0.1, 0.15) is 26.7 Å². The summed E-state index contributed by atoms with van der Waals surface area (Å²) in [4.78, 5) is 4.08. The molecule has 0 bridgehead atoms. The molecule has 0 unspecified atom stereocenters. The maximum atomic E-state index is 5.32. The van der Waals surface area contributed by atoms with Gasteiger partial charge in [0.05, 0.1) is 0 Å². The van der Waals surface area contributed by atoms with E-state index in [1.165, 1.54) is 12.8 Å². The number of hydrazine groups is 1. The van der Waals surface area contributed by atoms with Crippen molar-refractivity contribution in [2.45, 2.75) is 26.7 Å². The summed E-state index contributed by atoms with van der Waals surface area (Å²) in [6.45, 7) is 5.64. The second kappa shape index (κ2) is 4.29. The number of hydrogen-bond donors (Lipinski definition) is 3. The average Bonchev–Trinajstić information content (AvgIpc) is 3.08. The molecule has 1 aliphatic carbocycles. The number of nitrogens with two attached hydrogens (primary N) is 1. The number of nitrogens with zero attached hydrogens (tertiary/aromatic N) is 1. The molecule has 4 N–H and O–H groups in total. The van der Waals surface area contributed by atoms with Crippen LogP contribution in [-0.4, -0.2) is 11.5 Å². The van der Waals surface area contributed by atoms with Crippen LogP contribution in [0.25, 0.3) is 0 Å². The Bertz CT molecular complexity index is 358. The summed E-state index contributed by atoms with van der Waals surface area (Å²) in [5, 5.41) is 3.47. The van der Waals surface area contributed by atoms with Gasteiger partial charge in [-0.2, -0.15) is 0 Å². The van der Waals surface area contributed by atoms with Crippen molar-refractivity contribution in [1.29, 1.82) is 0 Å². The molecule has 1 fully saturated rings. The molecule has 1 aliphatic rings. The molecule has 1 aromatic rings. The molecule has 1 aromatic heterocycles. The number of pyridine rings is 1. The van der Waals surface area contributed by atoms with Crippen LogP contribution in [0.3, 0.4) is 0 Å². The van der Waals surface area contributed by atoms with Crippen molar-refractivity contribution in [3.05, 3.63) is 18.3 Å². The molecule has 88 valence electrons. The van der Waals surface area contributed by atoms with Crippen molar-refractivity contribution in [3.8, 4) is 0 Å². The van der Waals surface area contributed by atoms with Gasteiger partial charge in [0.2, 0.25) is 0 Å². The minimum Gasteiger partial charge on any atom is -0.384 e. The van der Waals surface area contributed by atoms with Gasteiger partial charge in [0.25, 0.3) is 0 Å². The Morgan fingerprint density at radius 2 is 2.25 bits per heavy atom. The Morgan fingerprint density at radius 3 is 2.81 bits per heavy atom. The van der Waals surface area contributed by atoms with Gasteiger partial charge in [-0.3, -0.25) is 0 Å². The lowest BCUT2D eigenvalue weighted by Gasteiger charge is -2.20. The summed E-state index contributed by atoms with van der Waals surface area (Å²) < 4.78 is 0. The molecule has 0 atom stereocenters. The largest absolute Gasteiger partial charge is 0.384 e. The SMILES string of the molecule is CC(C)C1(CNc2ccnc(NN)c2)CC1. The summed E-state index contributed by atoms with van der Waals surface area (Å²) in [6.07, 6.45) is 4.43. The predicted molar refractivity (Wildman–Crippen MR) is 67.0 cm³/mol. The van der Waals surface area contributed by atoms with Crippen LogP contribution in [0.2, 0.25) is 0 Å². The quantitative estimate of drug-likeness (QED) is 0.526. The smallest absolute Gasteiger partial charge is 0.141 e. The van der Waals surface area contributed by atoms with E-state index in [4.69, 9.17) is 5.84 Å². The molecule has 4 heteroatoms. The molecule has 16 heavy (non-hydrogen) atoms. The van der Waals surface area contributed by atoms with Crippen LogP contribution in [0, 0.1) is 11.3 Å². The third-order valence-electron chi connectivity index (χ3n) is 3.67. The second-order valence-electron chi connectivity index (χ2n) is 4.94. The maximum Gasteiger partial charge on any atom is 0.141 e. The third-order valence-corrected chi connectivity index (χ3v) is 3.67. The highest BCUT2D eigenvalue weighted by Crippen LogP contribution is 2.51. The van der Waals surface area contributed by atoms with Crippen molar-refractivity contribution in [2.75, 3.05) is 17.3 Å². The summed E-state index contributed by atoms with van der Waals surface area (Å²) in [5.41, 5.74) is 4.14. The molecular formula is C12H20N4. The highest BCUT2D eigenvalue weighted by molar-refractivity contribution is 5.51. The van der Waals surface area contributed by atoms with E-state index < -0.39 is 0 Å². The maximum absolute atomic E-state index is 5.32. The summed E-state index contributed by atoms with van der Waals surface area (Å²) >= 11 is 0. The molecule has 0 saturated heterocycles. The zero-order valence-corrected chi connectivity index (χ0v) is 9.96. The summed E-state index contributed by atoms with van der Waals surface area (Å²) in [5.74, 6) is 6.76. The van der Waals surface area contributed by atoms with Crippen LogP contribution in [0.4, 0.5) is 11.5 Å². The lowest BCUT2D eigenvalue weighted by atomic mass is 9.92. The van der Waals surface area contributed by atoms with Crippen LogP contribution >= 0.6 is 0 Å². The standard InChI is InChI=1S/C12H20N4/c1-9(2)12(4-5-12)8-15-10-3-6-14-11(7-10)16-13/h3,6-7,9H,4-5,8,13H2,1-2H3,(H2,14,15,16). The molecule has 0 radical (unpaired) electrons. The summed E-state index contributed by atoms with van der Waals surface area (Å²) in [6, 6.07) is 3.90. The fourth-order valence-electron chi connectivity index (χ4n) is 2.02. The van der Waals surface area contributed by atoms with Gasteiger partial charge in [0.1, 0.15) is 5.82 Å². The topological polar surface area (TPSA) is 63.0 Å². The van der Waals surface area contributed by atoms with Gasteiger partial charge >= 0.3 is 0 Å². The van der Waals surface area contributed by atoms with Crippen molar-refractivity contribution >= 4 is 11.5 Å². The minimum absolute atomic E-state index is 0.513. The number of nitrogens with one attached hydrogen (secondary N) is 2. The van der Waals surface area contributed by atoms with Crippen molar-refractivity contribution < 1.29 is 0 Å². The van der Waals surface area contributed by atoms with E-state index in [0.717, 1.165) is 18.2 Å². The number of anilines is 2. The van der Waals surface area contributed by atoms with Gasteiger partial charge in [-0.15, -0.1) is 0 Å². The first kappa shape index (κ1) is 11.2. The van der Waals surface area contributed by atoms with Gasteiger partial charge in [-0.25, -0.2) is 10.8 Å². The number of hydrogen-bond acceptors (Lipinski definition) is 4. The van der Waals surface area contributed by atoms with E-state index in [0.29, 0.717) is 11.2 Å². The molecule has 0 amide bonds. The fraction of sp³-hybridized carbons (Fsp3) is 0.583. The molecule has 0 spiro atoms. The highest BCUT2D eigenvalue weighted by Gasteiger charge is 2.44. The first-order chi connectivity index (χ1) is 7.66. The Kier molecular flexibility index (Phi) is 3.01. The van der Waals surface area contributed by atoms with Gasteiger partial charge in [-0.05, 0) is 30.2 Å². The Labute approximate surface area is 96.6 Å². The van der Waals surface area contributed by atoms with Crippen molar-refractivity contribution in [3.63, 3.8) is 0 Å². The molecule has 4 nitrogen and oxygen atoms in total. The average molecular weight is 220 g/mol. The van der Waals surface area contributed by atoms with E-state index in [2.05, 4.69) is 29.6 Å². The van der Waals surface area contributed by atoms with Gasteiger partial charge in [-0.1, -0.05) is 13.8 Å². The number of rotatable bonds is 5. The first-order valence-corrected chi connectivity index (χ1v) is 5.83. The van der Waals surface area contributed by atoms with Gasteiger partial charge in [0, 0.05) is 24.5 Å². The third kappa shape index (κ3) is 2.27. The molecule has 2 rings (SSSR count). The van der Waals surface area contributed by atoms with E-state index in [9.17, 15) is 0 Å². The minimum atomic E-state index is 0.513. The van der Waals surface area contributed by atoms with Gasteiger partial charge < -0.3 is 10.7 Å². The van der Waals surface area contributed by atoms with E-state index in [1.807, 2.05) is 12.1 Å². The Hall–Kier alpha value is -1.29. The van der Waals surface area contributed by atoms with Crippen molar-refractivity contribution in [1.82, 2.24) is 4.98 Å². The van der Waals surface area contributed by atoms with E-state index in [1.54, 1.807) is 6.20 Å². The summed E-state index contributed by atoms with van der Waals surface area (Å²) in [7, 11) is 0. The Morgan fingerprint density at radius 1 is 1.50 bits per heavy atom. The Balaban J connectivity index is 1.94. The van der Waals surface area contributed by atoms with Crippen molar-refractivity contribution in [2.24, 2.45) is 17.2 Å². The fourth-order valence-corrected chi connectivity index (χ4v) is 2.02. The zero-order valence-electron chi connectivity index (χ0n) is 9.96. The van der Waals surface area contributed by atoms with E-state index >= 15 is 0 Å². The lowest BCUT2D eigenvalue weighted by molar-refractivity contribution is 0.380. The number of nitrogen functional groups attached to an aromatic ring is 1. The normalized spacial score (nSPS) is 17.2. The molecule has 1 heterocycles. The molecular weight excluding hydrogens is 200 g/mol. The van der Waals surface area contributed by atoms with Gasteiger partial charge in [0.15, 0.2) is 0 Å². The number of aromatic nitrogens is 1. The monoisotopic (exact) mass is 220 g/mol. The highest BCUT2D eigenvalue weighted by atomic mass is 15.2. The lowest BCUT2D eigenvalue weighted by Crippen LogP contribution is -2.21. The first-order valence-electron chi connectivity index (χ1n) is 5.83.